The van der Waals surface area contributed by atoms with E-state index < -0.39 is 0 Å². The van der Waals surface area contributed by atoms with Gasteiger partial charge in [0.05, 0.1) is 5.69 Å². The first-order chi connectivity index (χ1) is 7.03. The van der Waals surface area contributed by atoms with E-state index >= 15 is 0 Å². The molecule has 0 radical (unpaired) electrons. The van der Waals surface area contributed by atoms with E-state index in [1.807, 2.05) is 13.0 Å². The molecule has 0 bridgehead atoms. The van der Waals surface area contributed by atoms with Gasteiger partial charge in [-0.3, -0.25) is 0 Å². The first-order valence-corrected chi connectivity index (χ1v) is 5.45. The van der Waals surface area contributed by atoms with Crippen molar-refractivity contribution in [2.75, 3.05) is 6.54 Å². The third-order valence-corrected chi connectivity index (χ3v) is 2.33. The summed E-state index contributed by atoms with van der Waals surface area (Å²) in [6.07, 6.45) is 2.13. The van der Waals surface area contributed by atoms with Gasteiger partial charge in [-0.25, -0.2) is 0 Å². The van der Waals surface area contributed by atoms with E-state index in [-0.39, 0.29) is 5.54 Å². The molecule has 0 spiro atoms. The van der Waals surface area contributed by atoms with Crippen LogP contribution in [0, 0.1) is 6.92 Å². The molecule has 1 unspecified atom stereocenters. The Labute approximate surface area is 91.2 Å². The van der Waals surface area contributed by atoms with Crippen LogP contribution in [0.15, 0.2) is 10.6 Å². The predicted molar refractivity (Wildman–Crippen MR) is 60.4 cm³/mol. The highest BCUT2D eigenvalue weighted by Gasteiger charge is 2.16. The molecule has 3 N–H and O–H groups in total. The van der Waals surface area contributed by atoms with Crippen LogP contribution in [0.25, 0.3) is 0 Å². The Hall–Kier alpha value is -0.870. The molecule has 0 fully saturated rings. The maximum absolute atomic E-state index is 6.09. The van der Waals surface area contributed by atoms with Gasteiger partial charge < -0.3 is 15.6 Å². The maximum Gasteiger partial charge on any atom is 0.133 e. The van der Waals surface area contributed by atoms with E-state index in [9.17, 15) is 0 Å². The largest absolute Gasteiger partial charge is 0.361 e. The van der Waals surface area contributed by atoms with Crippen LogP contribution in [-0.4, -0.2) is 17.2 Å². The van der Waals surface area contributed by atoms with Crippen molar-refractivity contribution in [3.05, 3.63) is 17.5 Å². The molecule has 1 atom stereocenters. The van der Waals surface area contributed by atoms with E-state index in [2.05, 4.69) is 24.3 Å². The summed E-state index contributed by atoms with van der Waals surface area (Å²) in [6, 6.07) is 1.93. The molecule has 4 heteroatoms. The summed E-state index contributed by atoms with van der Waals surface area (Å²) in [5, 5.41) is 7.20. The fraction of sp³-hybridized carbons (Fsp3) is 0.727. The molecule has 0 aromatic carbocycles. The summed E-state index contributed by atoms with van der Waals surface area (Å²) in [7, 11) is 0. The van der Waals surface area contributed by atoms with Gasteiger partial charge in [-0.05, 0) is 20.3 Å². The second-order valence-corrected chi connectivity index (χ2v) is 4.44. The molecule has 86 valence electrons. The molecule has 1 aromatic rings. The Morgan fingerprint density at radius 2 is 2.33 bits per heavy atom. The number of aromatic nitrogens is 1. The lowest BCUT2D eigenvalue weighted by Crippen LogP contribution is -2.45. The van der Waals surface area contributed by atoms with Gasteiger partial charge in [-0.15, -0.1) is 0 Å². The molecule has 1 aromatic heterocycles. The van der Waals surface area contributed by atoms with Gasteiger partial charge in [-0.2, -0.15) is 0 Å². The molecule has 0 aliphatic rings. The monoisotopic (exact) mass is 211 g/mol. The van der Waals surface area contributed by atoms with Crippen LogP contribution in [0.2, 0.25) is 0 Å². The van der Waals surface area contributed by atoms with Gasteiger partial charge in [0, 0.05) is 24.7 Å². The standard InChI is InChI=1S/C11H21N3O/c1-4-5-11(3,12)8-13-7-10-6-9(2)15-14-10/h6,13H,4-5,7-8,12H2,1-3H3. The molecular weight excluding hydrogens is 190 g/mol. The second-order valence-electron chi connectivity index (χ2n) is 4.44. The van der Waals surface area contributed by atoms with E-state index in [0.717, 1.165) is 30.8 Å². The van der Waals surface area contributed by atoms with E-state index in [4.69, 9.17) is 10.3 Å². The molecular formula is C11H21N3O. The molecule has 0 saturated carbocycles. The average molecular weight is 211 g/mol. The third kappa shape index (κ3) is 4.44. The van der Waals surface area contributed by atoms with Crippen molar-refractivity contribution in [1.29, 1.82) is 0 Å². The SMILES string of the molecule is CCCC(C)(N)CNCc1cc(C)on1. The number of hydrogen-bond donors (Lipinski definition) is 2. The van der Waals surface area contributed by atoms with Crippen LogP contribution in [0.4, 0.5) is 0 Å². The van der Waals surface area contributed by atoms with E-state index in [0.29, 0.717) is 6.54 Å². The minimum atomic E-state index is -0.131. The zero-order valence-electron chi connectivity index (χ0n) is 9.84. The molecule has 0 aliphatic carbocycles. The number of nitrogens with one attached hydrogen (secondary N) is 1. The zero-order valence-corrected chi connectivity index (χ0v) is 9.84. The number of nitrogens with two attached hydrogens (primary N) is 1. The van der Waals surface area contributed by atoms with Crippen molar-refractivity contribution in [2.45, 2.75) is 45.7 Å². The molecule has 1 heterocycles. The van der Waals surface area contributed by atoms with Crippen LogP contribution in [-0.2, 0) is 6.54 Å². The summed E-state index contributed by atoms with van der Waals surface area (Å²) in [4.78, 5) is 0. The Bertz CT molecular complexity index is 294. The Morgan fingerprint density at radius 3 is 2.87 bits per heavy atom. The van der Waals surface area contributed by atoms with Gasteiger partial charge in [0.2, 0.25) is 0 Å². The van der Waals surface area contributed by atoms with Crippen molar-refractivity contribution >= 4 is 0 Å². The van der Waals surface area contributed by atoms with Gasteiger partial charge in [0.1, 0.15) is 5.76 Å². The van der Waals surface area contributed by atoms with Crippen molar-refractivity contribution < 1.29 is 4.52 Å². The molecule has 15 heavy (non-hydrogen) atoms. The maximum atomic E-state index is 6.09. The number of hydrogen-bond acceptors (Lipinski definition) is 4. The first kappa shape index (κ1) is 12.2. The second kappa shape index (κ2) is 5.28. The fourth-order valence-corrected chi connectivity index (χ4v) is 1.64. The topological polar surface area (TPSA) is 64.1 Å². The molecule has 4 nitrogen and oxygen atoms in total. The van der Waals surface area contributed by atoms with Gasteiger partial charge in [0.15, 0.2) is 0 Å². The first-order valence-electron chi connectivity index (χ1n) is 5.45. The Balaban J connectivity index is 2.27. The summed E-state index contributed by atoms with van der Waals surface area (Å²) in [5.74, 6) is 0.843. The number of aryl methyl sites for hydroxylation is 1. The fourth-order valence-electron chi connectivity index (χ4n) is 1.64. The predicted octanol–water partition coefficient (Wildman–Crippen LogP) is 1.59. The highest BCUT2D eigenvalue weighted by Crippen LogP contribution is 2.07. The third-order valence-electron chi connectivity index (χ3n) is 2.33. The van der Waals surface area contributed by atoms with Crippen molar-refractivity contribution in [3.63, 3.8) is 0 Å². The molecule has 0 saturated heterocycles. The van der Waals surface area contributed by atoms with Gasteiger partial charge in [-0.1, -0.05) is 18.5 Å². The zero-order chi connectivity index (χ0) is 11.3. The lowest BCUT2D eigenvalue weighted by atomic mass is 9.98. The minimum absolute atomic E-state index is 0.131. The smallest absolute Gasteiger partial charge is 0.133 e. The van der Waals surface area contributed by atoms with Crippen molar-refractivity contribution in [1.82, 2.24) is 10.5 Å². The summed E-state index contributed by atoms with van der Waals surface area (Å²) < 4.78 is 4.97. The van der Waals surface area contributed by atoms with Gasteiger partial charge in [0.25, 0.3) is 0 Å². The lowest BCUT2D eigenvalue weighted by molar-refractivity contribution is 0.375. The number of nitrogens with zero attached hydrogens (tertiary/aromatic N) is 1. The highest BCUT2D eigenvalue weighted by atomic mass is 16.5. The van der Waals surface area contributed by atoms with Crippen LogP contribution in [0.5, 0.6) is 0 Å². The van der Waals surface area contributed by atoms with Crippen LogP contribution < -0.4 is 11.1 Å². The molecule has 0 amide bonds. The van der Waals surface area contributed by atoms with Gasteiger partial charge >= 0.3 is 0 Å². The summed E-state index contributed by atoms with van der Waals surface area (Å²) in [6.45, 7) is 7.62. The number of rotatable bonds is 6. The average Bonchev–Trinajstić information content (AvgIpc) is 2.51. The highest BCUT2D eigenvalue weighted by molar-refractivity contribution is 5.03. The van der Waals surface area contributed by atoms with Crippen molar-refractivity contribution in [2.24, 2.45) is 5.73 Å². The van der Waals surface area contributed by atoms with Crippen LogP contribution >= 0.6 is 0 Å². The summed E-state index contributed by atoms with van der Waals surface area (Å²) in [5.41, 5.74) is 6.89. The quantitative estimate of drug-likeness (QED) is 0.750. The summed E-state index contributed by atoms with van der Waals surface area (Å²) >= 11 is 0. The molecule has 0 aliphatic heterocycles. The van der Waals surface area contributed by atoms with Crippen molar-refractivity contribution in [3.8, 4) is 0 Å². The van der Waals surface area contributed by atoms with E-state index in [1.165, 1.54) is 0 Å². The normalized spacial score (nSPS) is 15.2. The van der Waals surface area contributed by atoms with Crippen LogP contribution in [0.3, 0.4) is 0 Å². The van der Waals surface area contributed by atoms with E-state index in [1.54, 1.807) is 0 Å². The Kier molecular flexibility index (Phi) is 4.29. The molecule has 1 rings (SSSR count). The minimum Gasteiger partial charge on any atom is -0.361 e. The lowest BCUT2D eigenvalue weighted by Gasteiger charge is -2.24. The van der Waals surface area contributed by atoms with Crippen LogP contribution in [0.1, 0.15) is 38.1 Å². The Morgan fingerprint density at radius 1 is 1.60 bits per heavy atom.